The van der Waals surface area contributed by atoms with Crippen LogP contribution in [-0.4, -0.2) is 33.8 Å². The van der Waals surface area contributed by atoms with Gasteiger partial charge in [0.05, 0.1) is 11.9 Å². The summed E-state index contributed by atoms with van der Waals surface area (Å²) in [4.78, 5) is 5.50. The number of hydrogen-bond donors (Lipinski definition) is 0. The molecule has 1 aromatic rings. The first-order valence-electron chi connectivity index (χ1n) is 4.14. The van der Waals surface area contributed by atoms with Crippen LogP contribution in [0.25, 0.3) is 0 Å². The normalized spacial score (nSPS) is 10.8. The van der Waals surface area contributed by atoms with Gasteiger partial charge in [-0.25, -0.2) is 13.4 Å². The molecule has 1 rings (SSSR count). The van der Waals surface area contributed by atoms with Gasteiger partial charge >= 0.3 is 0 Å². The Kier molecular flexibility index (Phi) is 2.95. The molecule has 5 nitrogen and oxygen atoms in total. The molecule has 0 N–H and O–H groups in total. The van der Waals surface area contributed by atoms with Crippen LogP contribution in [0.4, 0.5) is 5.69 Å². The molecule has 0 aliphatic carbocycles. The highest BCUT2D eigenvalue weighted by atomic mass is 32.2. The first-order chi connectivity index (χ1) is 6.86. The number of anilines is 1. The minimum absolute atomic E-state index is 0.0313. The lowest BCUT2D eigenvalue weighted by molar-refractivity contribution is 0.601. The van der Waals surface area contributed by atoms with Gasteiger partial charge in [-0.2, -0.15) is 5.26 Å². The van der Waals surface area contributed by atoms with E-state index in [9.17, 15) is 8.42 Å². The van der Waals surface area contributed by atoms with Gasteiger partial charge in [0.1, 0.15) is 11.0 Å². The second-order valence-corrected chi connectivity index (χ2v) is 5.30. The van der Waals surface area contributed by atoms with Crippen LogP contribution in [0, 0.1) is 11.3 Å². The average molecular weight is 225 g/mol. The zero-order valence-electron chi connectivity index (χ0n) is 8.72. The molecule has 0 spiro atoms. The number of pyridine rings is 1. The molecule has 1 heterocycles. The predicted octanol–water partition coefficient (Wildman–Crippen LogP) is 0.423. The quantitative estimate of drug-likeness (QED) is 0.729. The summed E-state index contributed by atoms with van der Waals surface area (Å²) >= 11 is 0. The zero-order chi connectivity index (χ0) is 11.6. The minimum atomic E-state index is -3.41. The first-order valence-corrected chi connectivity index (χ1v) is 6.03. The van der Waals surface area contributed by atoms with Gasteiger partial charge in [0.25, 0.3) is 0 Å². The smallest absolute Gasteiger partial charge is 0.178 e. The molecule has 0 aliphatic heterocycles. The number of hydrogen-bond acceptors (Lipinski definition) is 5. The van der Waals surface area contributed by atoms with Gasteiger partial charge < -0.3 is 4.90 Å². The lowest BCUT2D eigenvalue weighted by Gasteiger charge is -2.12. The third kappa shape index (κ3) is 2.44. The van der Waals surface area contributed by atoms with Crippen molar-refractivity contribution in [2.75, 3.05) is 25.3 Å². The molecule has 80 valence electrons. The van der Waals surface area contributed by atoms with Crippen LogP contribution in [0.2, 0.25) is 0 Å². The van der Waals surface area contributed by atoms with Gasteiger partial charge in [-0.3, -0.25) is 0 Å². The molecule has 0 aliphatic rings. The van der Waals surface area contributed by atoms with Crippen molar-refractivity contribution < 1.29 is 8.42 Å². The summed E-state index contributed by atoms with van der Waals surface area (Å²) in [7, 11) is 0.133. The minimum Gasteiger partial charge on any atom is -0.376 e. The van der Waals surface area contributed by atoms with Crippen LogP contribution in [0.15, 0.2) is 17.2 Å². The molecule has 15 heavy (non-hydrogen) atoms. The molecule has 0 fully saturated rings. The molecule has 0 radical (unpaired) electrons. The Balaban J connectivity index is 3.48. The molecule has 0 bridgehead atoms. The van der Waals surface area contributed by atoms with Crippen molar-refractivity contribution in [2.24, 2.45) is 0 Å². The van der Waals surface area contributed by atoms with Crippen molar-refractivity contribution in [2.45, 2.75) is 4.90 Å². The second-order valence-electron chi connectivity index (χ2n) is 3.32. The third-order valence-electron chi connectivity index (χ3n) is 1.86. The maximum atomic E-state index is 11.4. The number of rotatable bonds is 2. The third-order valence-corrected chi connectivity index (χ3v) is 2.97. The van der Waals surface area contributed by atoms with Crippen molar-refractivity contribution in [3.63, 3.8) is 0 Å². The molecular weight excluding hydrogens is 214 g/mol. The molecule has 0 saturated carbocycles. The Morgan fingerprint density at radius 2 is 2.07 bits per heavy atom. The number of aromatic nitrogens is 1. The highest BCUT2D eigenvalue weighted by molar-refractivity contribution is 7.90. The first kappa shape index (κ1) is 11.5. The van der Waals surface area contributed by atoms with Gasteiger partial charge in [0.2, 0.25) is 0 Å². The summed E-state index contributed by atoms with van der Waals surface area (Å²) in [5.74, 6) is 0. The van der Waals surface area contributed by atoms with E-state index in [0.29, 0.717) is 5.69 Å². The van der Waals surface area contributed by atoms with Gasteiger partial charge in [-0.1, -0.05) is 0 Å². The summed E-state index contributed by atoms with van der Waals surface area (Å²) in [5.41, 5.74) is 0.581. The summed E-state index contributed by atoms with van der Waals surface area (Å²) in [6.07, 6.45) is 2.53. The Hall–Kier alpha value is -1.61. The Bertz CT molecular complexity index is 515. The standard InChI is InChI=1S/C9H11N3O2S/c1-12(2)7-4-9(15(3,13)14)8(5-10)11-6-7/h4,6H,1-3H3. The Labute approximate surface area is 88.9 Å². The lowest BCUT2D eigenvalue weighted by atomic mass is 10.3. The van der Waals surface area contributed by atoms with Gasteiger partial charge in [-0.15, -0.1) is 0 Å². The Morgan fingerprint density at radius 1 is 1.47 bits per heavy atom. The summed E-state index contributed by atoms with van der Waals surface area (Å²) in [6, 6.07) is 3.20. The van der Waals surface area contributed by atoms with Crippen LogP contribution in [-0.2, 0) is 9.84 Å². The fourth-order valence-corrected chi connectivity index (χ4v) is 1.83. The highest BCUT2D eigenvalue weighted by Crippen LogP contribution is 2.19. The summed E-state index contributed by atoms with van der Waals surface area (Å²) in [6.45, 7) is 0. The van der Waals surface area contributed by atoms with E-state index < -0.39 is 9.84 Å². The topological polar surface area (TPSA) is 74.1 Å². The van der Waals surface area contributed by atoms with E-state index in [1.807, 2.05) is 0 Å². The summed E-state index contributed by atoms with van der Waals surface area (Å²) < 4.78 is 22.8. The van der Waals surface area contributed by atoms with Crippen molar-refractivity contribution in [3.8, 4) is 6.07 Å². The monoisotopic (exact) mass is 225 g/mol. The van der Waals surface area contributed by atoms with Crippen molar-refractivity contribution in [3.05, 3.63) is 18.0 Å². The maximum absolute atomic E-state index is 11.4. The highest BCUT2D eigenvalue weighted by Gasteiger charge is 2.15. The van der Waals surface area contributed by atoms with Gasteiger partial charge in [-0.05, 0) is 6.07 Å². The van der Waals surface area contributed by atoms with Gasteiger partial charge in [0, 0.05) is 20.4 Å². The van der Waals surface area contributed by atoms with Crippen LogP contribution < -0.4 is 4.90 Å². The number of sulfone groups is 1. The molecule has 0 aromatic carbocycles. The van der Waals surface area contributed by atoms with Crippen molar-refractivity contribution >= 4 is 15.5 Å². The van der Waals surface area contributed by atoms with Crippen LogP contribution >= 0.6 is 0 Å². The molecule has 0 saturated heterocycles. The van der Waals surface area contributed by atoms with E-state index in [4.69, 9.17) is 5.26 Å². The lowest BCUT2D eigenvalue weighted by Crippen LogP contribution is -2.11. The maximum Gasteiger partial charge on any atom is 0.178 e. The van der Waals surface area contributed by atoms with E-state index in [1.54, 1.807) is 25.1 Å². The molecule has 1 aromatic heterocycles. The molecule has 0 amide bonds. The van der Waals surface area contributed by atoms with Crippen molar-refractivity contribution in [1.29, 1.82) is 5.26 Å². The zero-order valence-corrected chi connectivity index (χ0v) is 9.54. The number of nitriles is 1. The number of nitrogens with zero attached hydrogens (tertiary/aromatic N) is 3. The van der Waals surface area contributed by atoms with Crippen LogP contribution in [0.3, 0.4) is 0 Å². The second kappa shape index (κ2) is 3.87. The molecule has 0 atom stereocenters. The van der Waals surface area contributed by atoms with E-state index >= 15 is 0 Å². The predicted molar refractivity (Wildman–Crippen MR) is 56.4 cm³/mol. The SMILES string of the molecule is CN(C)c1cnc(C#N)c(S(C)(=O)=O)c1. The van der Waals surface area contributed by atoms with E-state index in [1.165, 1.54) is 12.3 Å². The molecule has 0 unspecified atom stereocenters. The molecular formula is C9H11N3O2S. The Morgan fingerprint density at radius 3 is 2.47 bits per heavy atom. The summed E-state index contributed by atoms with van der Waals surface area (Å²) in [5, 5.41) is 8.72. The van der Waals surface area contributed by atoms with E-state index in [-0.39, 0.29) is 10.6 Å². The van der Waals surface area contributed by atoms with Crippen LogP contribution in [0.5, 0.6) is 0 Å². The van der Waals surface area contributed by atoms with E-state index in [2.05, 4.69) is 4.98 Å². The fourth-order valence-electron chi connectivity index (χ4n) is 1.05. The van der Waals surface area contributed by atoms with Crippen LogP contribution in [0.1, 0.15) is 5.69 Å². The molecule has 6 heteroatoms. The van der Waals surface area contributed by atoms with Crippen molar-refractivity contribution in [1.82, 2.24) is 4.98 Å². The van der Waals surface area contributed by atoms with Gasteiger partial charge in [0.15, 0.2) is 15.5 Å². The largest absolute Gasteiger partial charge is 0.376 e. The fraction of sp³-hybridized carbons (Fsp3) is 0.333. The average Bonchev–Trinajstić information content (AvgIpc) is 2.15. The van der Waals surface area contributed by atoms with E-state index in [0.717, 1.165) is 6.26 Å².